The summed E-state index contributed by atoms with van der Waals surface area (Å²) in [6.45, 7) is 4.32. The van der Waals surface area contributed by atoms with Gasteiger partial charge in [0.05, 0.1) is 13.2 Å². The molecule has 16 heavy (non-hydrogen) atoms. The first-order valence-corrected chi connectivity index (χ1v) is 5.14. The van der Waals surface area contributed by atoms with Gasteiger partial charge < -0.3 is 14.2 Å². The SMILES string of the molecule is CCOC/C=C(/C(=O)COC)C(=O)OCC. The van der Waals surface area contributed by atoms with Crippen LogP contribution in [0.25, 0.3) is 0 Å². The molecule has 0 heterocycles. The highest BCUT2D eigenvalue weighted by atomic mass is 16.5. The number of esters is 1. The molecular weight excluding hydrogens is 212 g/mol. The Morgan fingerprint density at radius 2 is 1.88 bits per heavy atom. The number of methoxy groups -OCH3 is 1. The lowest BCUT2D eigenvalue weighted by molar-refractivity contribution is -0.140. The molecule has 5 heteroatoms. The quantitative estimate of drug-likeness (QED) is 0.202. The highest BCUT2D eigenvalue weighted by molar-refractivity contribution is 6.17. The van der Waals surface area contributed by atoms with Crippen molar-refractivity contribution in [3.05, 3.63) is 11.6 Å². The Morgan fingerprint density at radius 3 is 2.38 bits per heavy atom. The molecule has 0 saturated heterocycles. The lowest BCUT2D eigenvalue weighted by Crippen LogP contribution is -2.20. The minimum Gasteiger partial charge on any atom is -0.462 e. The first-order chi connectivity index (χ1) is 7.67. The number of rotatable bonds is 8. The second-order valence-electron chi connectivity index (χ2n) is 2.85. The number of ether oxygens (including phenoxy) is 3. The Balaban J connectivity index is 4.55. The fraction of sp³-hybridized carbons (Fsp3) is 0.636. The van der Waals surface area contributed by atoms with Crippen molar-refractivity contribution in [3.8, 4) is 0 Å². The second-order valence-corrected chi connectivity index (χ2v) is 2.85. The molecule has 5 nitrogen and oxygen atoms in total. The standard InChI is InChI=1S/C11H18O5/c1-4-15-7-6-9(10(12)8-14-3)11(13)16-5-2/h6H,4-5,7-8H2,1-3H3/b9-6-. The Hall–Kier alpha value is -1.20. The van der Waals surface area contributed by atoms with E-state index in [1.807, 2.05) is 6.92 Å². The molecule has 92 valence electrons. The Kier molecular flexibility index (Phi) is 8.38. The lowest BCUT2D eigenvalue weighted by Gasteiger charge is -2.05. The van der Waals surface area contributed by atoms with Crippen LogP contribution in [0.4, 0.5) is 0 Å². The number of carbonyl (C=O) groups is 2. The van der Waals surface area contributed by atoms with Crippen LogP contribution >= 0.6 is 0 Å². The predicted octanol–water partition coefficient (Wildman–Crippen LogP) is 0.728. The van der Waals surface area contributed by atoms with Gasteiger partial charge in [-0.1, -0.05) is 0 Å². The summed E-state index contributed by atoms with van der Waals surface area (Å²) in [7, 11) is 1.39. The maximum Gasteiger partial charge on any atom is 0.341 e. The Bertz CT molecular complexity index is 237. The van der Waals surface area contributed by atoms with Crippen LogP contribution in [-0.2, 0) is 23.8 Å². The van der Waals surface area contributed by atoms with Gasteiger partial charge in [-0.15, -0.1) is 0 Å². The summed E-state index contributed by atoms with van der Waals surface area (Å²) >= 11 is 0. The normalized spacial score (nSPS) is 11.3. The van der Waals surface area contributed by atoms with Crippen LogP contribution in [0.3, 0.4) is 0 Å². The van der Waals surface area contributed by atoms with Crippen molar-refractivity contribution in [1.82, 2.24) is 0 Å². The van der Waals surface area contributed by atoms with E-state index in [-0.39, 0.29) is 25.4 Å². The zero-order valence-corrected chi connectivity index (χ0v) is 9.95. The summed E-state index contributed by atoms with van der Waals surface area (Å²) in [5.41, 5.74) is -0.0165. The molecule has 0 aromatic carbocycles. The number of hydrogen-bond donors (Lipinski definition) is 0. The van der Waals surface area contributed by atoms with Crippen LogP contribution in [0, 0.1) is 0 Å². The fourth-order valence-corrected chi connectivity index (χ4v) is 0.989. The number of carbonyl (C=O) groups excluding carboxylic acids is 2. The monoisotopic (exact) mass is 230 g/mol. The van der Waals surface area contributed by atoms with Gasteiger partial charge in [-0.05, 0) is 19.9 Å². The molecule has 0 atom stereocenters. The van der Waals surface area contributed by atoms with E-state index in [0.717, 1.165) is 0 Å². The third kappa shape index (κ3) is 5.63. The average Bonchev–Trinajstić information content (AvgIpc) is 2.25. The number of hydrogen-bond acceptors (Lipinski definition) is 5. The highest BCUT2D eigenvalue weighted by Gasteiger charge is 2.18. The van der Waals surface area contributed by atoms with Crippen molar-refractivity contribution in [2.75, 3.05) is 33.5 Å². The summed E-state index contributed by atoms with van der Waals surface area (Å²) in [6, 6.07) is 0. The van der Waals surface area contributed by atoms with Crippen LogP contribution in [0.1, 0.15) is 13.8 Å². The fourth-order valence-electron chi connectivity index (χ4n) is 0.989. The van der Waals surface area contributed by atoms with E-state index in [9.17, 15) is 9.59 Å². The van der Waals surface area contributed by atoms with Crippen molar-refractivity contribution in [2.45, 2.75) is 13.8 Å². The topological polar surface area (TPSA) is 61.8 Å². The summed E-state index contributed by atoms with van der Waals surface area (Å²) < 4.78 is 14.5. The van der Waals surface area contributed by atoms with Gasteiger partial charge in [0.25, 0.3) is 0 Å². The molecule has 0 N–H and O–H groups in total. The van der Waals surface area contributed by atoms with E-state index in [2.05, 4.69) is 4.74 Å². The van der Waals surface area contributed by atoms with Gasteiger partial charge in [-0.25, -0.2) is 4.79 Å². The summed E-state index contributed by atoms with van der Waals surface area (Å²) in [5, 5.41) is 0. The molecule has 0 radical (unpaired) electrons. The highest BCUT2D eigenvalue weighted by Crippen LogP contribution is 2.01. The van der Waals surface area contributed by atoms with E-state index in [0.29, 0.717) is 6.61 Å². The average molecular weight is 230 g/mol. The van der Waals surface area contributed by atoms with Gasteiger partial charge in [0.1, 0.15) is 12.2 Å². The summed E-state index contributed by atoms with van der Waals surface area (Å²) in [5.74, 6) is -1.04. The zero-order chi connectivity index (χ0) is 12.4. The largest absolute Gasteiger partial charge is 0.462 e. The predicted molar refractivity (Wildman–Crippen MR) is 58.1 cm³/mol. The van der Waals surface area contributed by atoms with Crippen molar-refractivity contribution in [2.24, 2.45) is 0 Å². The number of Topliss-reactive ketones (excluding diaryl/α,β-unsaturated/α-hetero) is 1. The van der Waals surface area contributed by atoms with Gasteiger partial charge in [0.15, 0.2) is 5.78 Å². The lowest BCUT2D eigenvalue weighted by atomic mass is 10.1. The van der Waals surface area contributed by atoms with Crippen LogP contribution in [0.15, 0.2) is 11.6 Å². The first kappa shape index (κ1) is 14.8. The molecule has 0 unspecified atom stereocenters. The van der Waals surface area contributed by atoms with E-state index in [1.54, 1.807) is 6.92 Å². The molecule has 0 bridgehead atoms. The van der Waals surface area contributed by atoms with Gasteiger partial charge in [0, 0.05) is 13.7 Å². The third-order valence-electron chi connectivity index (χ3n) is 1.68. The summed E-state index contributed by atoms with van der Waals surface area (Å²) in [4.78, 5) is 22.9. The first-order valence-electron chi connectivity index (χ1n) is 5.14. The van der Waals surface area contributed by atoms with Gasteiger partial charge in [-0.3, -0.25) is 4.79 Å². The minimum absolute atomic E-state index is 0.0165. The molecule has 0 spiro atoms. The van der Waals surface area contributed by atoms with Crippen molar-refractivity contribution in [3.63, 3.8) is 0 Å². The van der Waals surface area contributed by atoms with Crippen LogP contribution in [0.2, 0.25) is 0 Å². The van der Waals surface area contributed by atoms with Gasteiger partial charge >= 0.3 is 5.97 Å². The molecule has 0 amide bonds. The van der Waals surface area contributed by atoms with Crippen LogP contribution in [-0.4, -0.2) is 45.3 Å². The second kappa shape index (κ2) is 9.06. The molecule has 0 aliphatic carbocycles. The molecular formula is C11H18O5. The molecule has 0 aromatic rings. The van der Waals surface area contributed by atoms with Crippen molar-refractivity contribution in [1.29, 1.82) is 0 Å². The van der Waals surface area contributed by atoms with E-state index < -0.39 is 11.8 Å². The molecule has 0 aromatic heterocycles. The van der Waals surface area contributed by atoms with Gasteiger partial charge in [-0.2, -0.15) is 0 Å². The van der Waals surface area contributed by atoms with E-state index in [4.69, 9.17) is 9.47 Å². The van der Waals surface area contributed by atoms with E-state index in [1.165, 1.54) is 13.2 Å². The molecule has 0 aliphatic rings. The third-order valence-corrected chi connectivity index (χ3v) is 1.68. The smallest absolute Gasteiger partial charge is 0.341 e. The minimum atomic E-state index is -0.635. The van der Waals surface area contributed by atoms with Gasteiger partial charge in [0.2, 0.25) is 0 Å². The Labute approximate surface area is 95.4 Å². The maximum atomic E-state index is 11.5. The molecule has 0 fully saturated rings. The van der Waals surface area contributed by atoms with Crippen LogP contribution < -0.4 is 0 Å². The number of ketones is 1. The van der Waals surface area contributed by atoms with Crippen LogP contribution in [0.5, 0.6) is 0 Å². The van der Waals surface area contributed by atoms with E-state index >= 15 is 0 Å². The maximum absolute atomic E-state index is 11.5. The summed E-state index contributed by atoms with van der Waals surface area (Å²) in [6.07, 6.45) is 1.42. The molecule has 0 saturated carbocycles. The van der Waals surface area contributed by atoms with Crippen molar-refractivity contribution >= 4 is 11.8 Å². The Morgan fingerprint density at radius 1 is 1.19 bits per heavy atom. The molecule has 0 aliphatic heterocycles. The molecule has 0 rings (SSSR count). The zero-order valence-electron chi connectivity index (χ0n) is 9.95. The van der Waals surface area contributed by atoms with Crippen molar-refractivity contribution < 1.29 is 23.8 Å².